The molecule has 3 aromatic rings. The highest BCUT2D eigenvalue weighted by atomic mass is 16.5. The molecular weight excluding hydrogens is 384 g/mol. The second-order valence-corrected chi connectivity index (χ2v) is 6.12. The Kier molecular flexibility index (Phi) is 6.49. The van der Waals surface area contributed by atoms with Crippen molar-refractivity contribution in [2.24, 2.45) is 4.99 Å². The maximum absolute atomic E-state index is 12.8. The number of rotatable bonds is 7. The smallest absolute Gasteiger partial charge is 0.259 e. The quantitative estimate of drug-likeness (QED) is 0.579. The Morgan fingerprint density at radius 3 is 2.37 bits per heavy atom. The van der Waals surface area contributed by atoms with Crippen LogP contribution >= 0.6 is 0 Å². The van der Waals surface area contributed by atoms with E-state index >= 15 is 0 Å². The Bertz CT molecular complexity index is 1070. The number of nitrogens with one attached hydrogen (secondary N) is 1. The molecule has 3 rings (SSSR count). The van der Waals surface area contributed by atoms with Crippen molar-refractivity contribution < 1.29 is 19.0 Å². The first-order chi connectivity index (χ1) is 14.6. The molecular formula is C22H22N4O4. The summed E-state index contributed by atoms with van der Waals surface area (Å²) in [6.07, 6.45) is 3.29. The summed E-state index contributed by atoms with van der Waals surface area (Å²) < 4.78 is 15.9. The van der Waals surface area contributed by atoms with E-state index in [1.165, 1.54) is 21.3 Å². The summed E-state index contributed by atoms with van der Waals surface area (Å²) >= 11 is 0. The highest BCUT2D eigenvalue weighted by molar-refractivity contribution is 6.07. The highest BCUT2D eigenvalue weighted by Crippen LogP contribution is 2.39. The molecule has 30 heavy (non-hydrogen) atoms. The van der Waals surface area contributed by atoms with Crippen LogP contribution in [0, 0.1) is 0 Å². The molecule has 0 fully saturated rings. The lowest BCUT2D eigenvalue weighted by atomic mass is 10.1. The van der Waals surface area contributed by atoms with Gasteiger partial charge in [-0.05, 0) is 42.0 Å². The van der Waals surface area contributed by atoms with Crippen LogP contribution in [0.2, 0.25) is 0 Å². The number of aliphatic imine (C=N–C) groups is 1. The van der Waals surface area contributed by atoms with Crippen LogP contribution in [0.3, 0.4) is 0 Å². The molecule has 0 unspecified atom stereocenters. The number of aromatic nitrogens is 1. The molecule has 0 bridgehead atoms. The lowest BCUT2D eigenvalue weighted by molar-refractivity contribution is 0.102. The Balaban J connectivity index is 1.76. The first-order valence-electron chi connectivity index (χ1n) is 9.02. The van der Waals surface area contributed by atoms with E-state index in [-0.39, 0.29) is 5.91 Å². The molecule has 154 valence electrons. The molecule has 0 saturated heterocycles. The van der Waals surface area contributed by atoms with Gasteiger partial charge in [-0.3, -0.25) is 9.79 Å². The van der Waals surface area contributed by atoms with Gasteiger partial charge in [-0.25, -0.2) is 4.98 Å². The van der Waals surface area contributed by atoms with E-state index < -0.39 is 0 Å². The van der Waals surface area contributed by atoms with Gasteiger partial charge >= 0.3 is 0 Å². The first-order valence-corrected chi connectivity index (χ1v) is 9.02. The fourth-order valence-electron chi connectivity index (χ4n) is 2.79. The predicted octanol–water partition coefficient (Wildman–Crippen LogP) is 3.69. The minimum atomic E-state index is -0.336. The number of hydrogen-bond donors (Lipinski definition) is 2. The molecule has 0 aliphatic rings. The number of nitrogens with two attached hydrogens (primary N) is 1. The number of hydrogen-bond acceptors (Lipinski definition) is 7. The van der Waals surface area contributed by atoms with E-state index in [1.54, 1.807) is 48.8 Å². The lowest BCUT2D eigenvalue weighted by Crippen LogP contribution is -2.14. The monoisotopic (exact) mass is 406 g/mol. The fraction of sp³-hybridized carbons (Fsp3) is 0.136. The Morgan fingerprint density at radius 1 is 1.00 bits per heavy atom. The van der Waals surface area contributed by atoms with Crippen molar-refractivity contribution in [3.05, 3.63) is 65.9 Å². The summed E-state index contributed by atoms with van der Waals surface area (Å²) in [6, 6.07) is 14.0. The van der Waals surface area contributed by atoms with Crippen molar-refractivity contribution >= 4 is 29.3 Å². The Hall–Kier alpha value is -4.07. The molecule has 8 heteroatoms. The number of anilines is 2. The average Bonchev–Trinajstić information content (AvgIpc) is 2.78. The fourth-order valence-corrected chi connectivity index (χ4v) is 2.79. The number of carbonyl (C=O) groups is 1. The molecule has 1 aromatic heterocycles. The average molecular weight is 406 g/mol. The second kappa shape index (κ2) is 9.42. The van der Waals surface area contributed by atoms with Gasteiger partial charge in [-0.1, -0.05) is 12.1 Å². The topological polar surface area (TPSA) is 108 Å². The SMILES string of the molecule is COc1ccc(C(=O)Nc2ccc(C=Nc3cccnc3N)cc2)c(OC)c1OC. The third-order valence-electron chi connectivity index (χ3n) is 4.29. The molecule has 0 spiro atoms. The van der Waals surface area contributed by atoms with Crippen LogP contribution in [0.15, 0.2) is 59.7 Å². The molecule has 3 N–H and O–H groups in total. The van der Waals surface area contributed by atoms with Crippen LogP contribution in [0.5, 0.6) is 17.2 Å². The molecule has 1 amide bonds. The molecule has 1 heterocycles. The van der Waals surface area contributed by atoms with Gasteiger partial charge < -0.3 is 25.3 Å². The van der Waals surface area contributed by atoms with E-state index in [0.717, 1.165) is 5.56 Å². The van der Waals surface area contributed by atoms with Crippen LogP contribution < -0.4 is 25.3 Å². The summed E-state index contributed by atoms with van der Waals surface area (Å²) in [5.74, 6) is 1.16. The largest absolute Gasteiger partial charge is 0.493 e. The maximum Gasteiger partial charge on any atom is 0.259 e. The predicted molar refractivity (Wildman–Crippen MR) is 116 cm³/mol. The third-order valence-corrected chi connectivity index (χ3v) is 4.29. The number of ether oxygens (including phenoxy) is 3. The van der Waals surface area contributed by atoms with E-state index in [1.807, 2.05) is 12.1 Å². The van der Waals surface area contributed by atoms with Gasteiger partial charge in [0.15, 0.2) is 11.5 Å². The van der Waals surface area contributed by atoms with Crippen molar-refractivity contribution in [3.63, 3.8) is 0 Å². The van der Waals surface area contributed by atoms with Gasteiger partial charge in [-0.2, -0.15) is 0 Å². The zero-order valence-electron chi connectivity index (χ0n) is 16.9. The highest BCUT2D eigenvalue weighted by Gasteiger charge is 2.20. The van der Waals surface area contributed by atoms with E-state index in [2.05, 4.69) is 15.3 Å². The normalized spacial score (nSPS) is 10.6. The molecule has 0 atom stereocenters. The van der Waals surface area contributed by atoms with Gasteiger partial charge in [-0.15, -0.1) is 0 Å². The zero-order valence-corrected chi connectivity index (χ0v) is 16.9. The summed E-state index contributed by atoms with van der Waals surface area (Å²) in [5, 5.41) is 2.84. The number of nitrogen functional groups attached to an aromatic ring is 1. The van der Waals surface area contributed by atoms with Crippen molar-refractivity contribution in [1.29, 1.82) is 0 Å². The van der Waals surface area contributed by atoms with Gasteiger partial charge in [0.1, 0.15) is 11.5 Å². The van der Waals surface area contributed by atoms with Crippen molar-refractivity contribution in [3.8, 4) is 17.2 Å². The number of benzene rings is 2. The second-order valence-electron chi connectivity index (χ2n) is 6.12. The van der Waals surface area contributed by atoms with Gasteiger partial charge in [0.25, 0.3) is 5.91 Å². The van der Waals surface area contributed by atoms with Gasteiger partial charge in [0.2, 0.25) is 5.75 Å². The third kappa shape index (κ3) is 4.49. The minimum Gasteiger partial charge on any atom is -0.493 e. The van der Waals surface area contributed by atoms with Gasteiger partial charge in [0, 0.05) is 18.1 Å². The van der Waals surface area contributed by atoms with Crippen molar-refractivity contribution in [1.82, 2.24) is 4.98 Å². The number of methoxy groups -OCH3 is 3. The van der Waals surface area contributed by atoms with Crippen LogP contribution in [-0.2, 0) is 0 Å². The lowest BCUT2D eigenvalue weighted by Gasteiger charge is -2.15. The molecule has 0 aliphatic carbocycles. The number of nitrogens with zero attached hydrogens (tertiary/aromatic N) is 2. The summed E-state index contributed by atoms with van der Waals surface area (Å²) in [4.78, 5) is 21.1. The summed E-state index contributed by atoms with van der Waals surface area (Å²) in [7, 11) is 4.48. The van der Waals surface area contributed by atoms with E-state index in [9.17, 15) is 4.79 Å². The van der Waals surface area contributed by atoms with Crippen LogP contribution in [0.1, 0.15) is 15.9 Å². The maximum atomic E-state index is 12.8. The van der Waals surface area contributed by atoms with E-state index in [0.29, 0.717) is 40.0 Å². The standard InChI is InChI=1S/C22H22N4O4/c1-28-18-11-10-16(19(29-2)20(18)30-3)22(27)26-15-8-6-14(7-9-15)13-25-17-5-4-12-24-21(17)23/h4-13H,1-3H3,(H2,23,24)(H,26,27). The summed E-state index contributed by atoms with van der Waals surface area (Å²) in [5.41, 5.74) is 8.17. The van der Waals surface area contributed by atoms with Crippen molar-refractivity contribution in [2.45, 2.75) is 0 Å². The number of pyridine rings is 1. The minimum absolute atomic E-state index is 0.298. The molecule has 0 aliphatic heterocycles. The van der Waals surface area contributed by atoms with Crippen LogP contribution in [-0.4, -0.2) is 38.4 Å². The number of amides is 1. The Morgan fingerprint density at radius 2 is 1.73 bits per heavy atom. The first kappa shape index (κ1) is 20.7. The Labute approximate surface area is 174 Å². The molecule has 0 saturated carbocycles. The van der Waals surface area contributed by atoms with Crippen LogP contribution in [0.25, 0.3) is 0 Å². The number of carbonyl (C=O) groups excluding carboxylic acids is 1. The van der Waals surface area contributed by atoms with Crippen LogP contribution in [0.4, 0.5) is 17.2 Å². The molecule has 0 radical (unpaired) electrons. The summed E-state index contributed by atoms with van der Waals surface area (Å²) in [6.45, 7) is 0. The molecule has 2 aromatic carbocycles. The van der Waals surface area contributed by atoms with E-state index in [4.69, 9.17) is 19.9 Å². The van der Waals surface area contributed by atoms with Gasteiger partial charge in [0.05, 0.1) is 26.9 Å². The van der Waals surface area contributed by atoms with Crippen molar-refractivity contribution in [2.75, 3.05) is 32.4 Å². The molecule has 8 nitrogen and oxygen atoms in total. The zero-order chi connectivity index (χ0) is 21.5.